The molecule has 0 amide bonds. The van der Waals surface area contributed by atoms with E-state index in [4.69, 9.17) is 39.5 Å². The third kappa shape index (κ3) is 3.31. The first-order valence-electron chi connectivity index (χ1n) is 5.45. The van der Waals surface area contributed by atoms with Gasteiger partial charge in [0, 0.05) is 5.02 Å². The predicted molar refractivity (Wildman–Crippen MR) is 77.7 cm³/mol. The number of halogens is 3. The topological polar surface area (TPSA) is 43.4 Å². The zero-order valence-electron chi connectivity index (χ0n) is 9.90. The first kappa shape index (κ1) is 14.9. The summed E-state index contributed by atoms with van der Waals surface area (Å²) in [5.41, 5.74) is 0.157. The lowest BCUT2D eigenvalue weighted by Gasteiger charge is -2.07. The SMILES string of the molecule is O=C(OC(=O)c1c(Cl)cc(Cl)cc1Cl)c1ccccc1. The summed E-state index contributed by atoms with van der Waals surface area (Å²) in [5, 5.41) is 0.327. The number of ether oxygens (including phenoxy) is 1. The quantitative estimate of drug-likeness (QED) is 0.595. The Morgan fingerprint density at radius 1 is 0.850 bits per heavy atom. The lowest BCUT2D eigenvalue weighted by atomic mass is 10.2. The molecule has 2 aromatic rings. The van der Waals surface area contributed by atoms with Gasteiger partial charge in [-0.2, -0.15) is 0 Å². The van der Waals surface area contributed by atoms with Gasteiger partial charge in [-0.05, 0) is 24.3 Å². The summed E-state index contributed by atoms with van der Waals surface area (Å²) in [6, 6.07) is 10.8. The van der Waals surface area contributed by atoms with E-state index in [1.165, 1.54) is 24.3 Å². The van der Waals surface area contributed by atoms with Crippen LogP contribution in [0.2, 0.25) is 15.1 Å². The van der Waals surface area contributed by atoms with Gasteiger partial charge in [0.1, 0.15) is 0 Å². The number of esters is 2. The fraction of sp³-hybridized carbons (Fsp3) is 0. The van der Waals surface area contributed by atoms with Gasteiger partial charge in [-0.15, -0.1) is 0 Å². The zero-order valence-corrected chi connectivity index (χ0v) is 12.2. The van der Waals surface area contributed by atoms with Crippen molar-refractivity contribution in [2.45, 2.75) is 0 Å². The first-order valence-corrected chi connectivity index (χ1v) is 6.58. The summed E-state index contributed by atoms with van der Waals surface area (Å²) in [6.07, 6.45) is 0. The zero-order chi connectivity index (χ0) is 14.7. The van der Waals surface area contributed by atoms with Crippen molar-refractivity contribution in [3.63, 3.8) is 0 Å². The van der Waals surface area contributed by atoms with Crippen LogP contribution >= 0.6 is 34.8 Å². The Bertz CT molecular complexity index is 646. The molecule has 0 N–H and O–H groups in total. The Morgan fingerprint density at radius 2 is 1.40 bits per heavy atom. The molecule has 0 saturated heterocycles. The highest BCUT2D eigenvalue weighted by Crippen LogP contribution is 2.29. The molecule has 0 saturated carbocycles. The van der Waals surface area contributed by atoms with Crippen LogP contribution in [-0.2, 0) is 4.74 Å². The van der Waals surface area contributed by atoms with Crippen molar-refractivity contribution in [3.8, 4) is 0 Å². The van der Waals surface area contributed by atoms with Gasteiger partial charge in [-0.1, -0.05) is 53.0 Å². The van der Waals surface area contributed by atoms with E-state index >= 15 is 0 Å². The highest BCUT2D eigenvalue weighted by atomic mass is 35.5. The lowest BCUT2D eigenvalue weighted by Crippen LogP contribution is -2.13. The highest BCUT2D eigenvalue weighted by Gasteiger charge is 2.21. The van der Waals surface area contributed by atoms with Crippen LogP contribution in [0.15, 0.2) is 42.5 Å². The molecule has 0 radical (unpaired) electrons. The molecular formula is C14H7Cl3O3. The molecule has 2 aromatic carbocycles. The predicted octanol–water partition coefficient (Wildman–Crippen LogP) is 4.64. The van der Waals surface area contributed by atoms with Gasteiger partial charge in [0.15, 0.2) is 0 Å². The maximum absolute atomic E-state index is 11.9. The van der Waals surface area contributed by atoms with Crippen LogP contribution in [-0.4, -0.2) is 11.9 Å². The van der Waals surface area contributed by atoms with Gasteiger partial charge in [0.05, 0.1) is 21.2 Å². The standard InChI is InChI=1S/C14H7Cl3O3/c15-9-6-10(16)12(11(17)7-9)14(19)20-13(18)8-4-2-1-3-5-8/h1-7H. The van der Waals surface area contributed by atoms with Crippen molar-refractivity contribution in [2.24, 2.45) is 0 Å². The van der Waals surface area contributed by atoms with E-state index in [2.05, 4.69) is 0 Å². The van der Waals surface area contributed by atoms with Crippen molar-refractivity contribution in [2.75, 3.05) is 0 Å². The molecule has 2 rings (SSSR count). The fourth-order valence-corrected chi connectivity index (χ4v) is 2.48. The summed E-state index contributed by atoms with van der Waals surface area (Å²) in [7, 11) is 0. The van der Waals surface area contributed by atoms with E-state index in [0.29, 0.717) is 0 Å². The largest absolute Gasteiger partial charge is 0.386 e. The van der Waals surface area contributed by atoms with Crippen molar-refractivity contribution < 1.29 is 14.3 Å². The van der Waals surface area contributed by atoms with Crippen LogP contribution in [0.25, 0.3) is 0 Å². The molecule has 0 spiro atoms. The summed E-state index contributed by atoms with van der Waals surface area (Å²) in [4.78, 5) is 23.7. The number of hydrogen-bond donors (Lipinski definition) is 0. The van der Waals surface area contributed by atoms with E-state index in [1.807, 2.05) is 0 Å². The molecule has 0 aliphatic rings. The van der Waals surface area contributed by atoms with Crippen LogP contribution in [0.5, 0.6) is 0 Å². The summed E-state index contributed by atoms with van der Waals surface area (Å²) in [6.45, 7) is 0. The van der Waals surface area contributed by atoms with Crippen LogP contribution in [0.1, 0.15) is 20.7 Å². The minimum Gasteiger partial charge on any atom is -0.386 e. The Labute approximate surface area is 130 Å². The van der Waals surface area contributed by atoms with Gasteiger partial charge < -0.3 is 4.74 Å². The molecule has 0 aliphatic carbocycles. The van der Waals surface area contributed by atoms with E-state index in [0.717, 1.165) is 0 Å². The molecule has 0 bridgehead atoms. The van der Waals surface area contributed by atoms with E-state index < -0.39 is 11.9 Å². The number of benzene rings is 2. The van der Waals surface area contributed by atoms with Crippen LogP contribution in [0.3, 0.4) is 0 Å². The number of carbonyl (C=O) groups is 2. The van der Waals surface area contributed by atoms with E-state index in [-0.39, 0.29) is 26.2 Å². The average molecular weight is 330 g/mol. The third-order valence-electron chi connectivity index (χ3n) is 2.41. The second kappa shape index (κ2) is 6.27. The maximum Gasteiger partial charge on any atom is 0.349 e. The minimum atomic E-state index is -0.925. The van der Waals surface area contributed by atoms with E-state index in [1.54, 1.807) is 18.2 Å². The van der Waals surface area contributed by atoms with Crippen LogP contribution < -0.4 is 0 Å². The molecule has 3 nitrogen and oxygen atoms in total. The maximum atomic E-state index is 11.9. The molecule has 0 fully saturated rings. The number of rotatable bonds is 2. The van der Waals surface area contributed by atoms with Gasteiger partial charge in [0.25, 0.3) is 0 Å². The summed E-state index contributed by atoms with van der Waals surface area (Å²) >= 11 is 17.5. The molecule has 6 heteroatoms. The van der Waals surface area contributed by atoms with Crippen molar-refractivity contribution >= 4 is 46.7 Å². The second-order valence-corrected chi connectivity index (χ2v) is 5.04. The van der Waals surface area contributed by atoms with E-state index in [9.17, 15) is 9.59 Å². The van der Waals surface area contributed by atoms with Crippen LogP contribution in [0.4, 0.5) is 0 Å². The lowest BCUT2D eigenvalue weighted by molar-refractivity contribution is 0.0398. The average Bonchev–Trinajstić information content (AvgIpc) is 2.38. The summed E-state index contributed by atoms with van der Waals surface area (Å²) < 4.78 is 4.73. The normalized spacial score (nSPS) is 10.2. The molecule has 0 aromatic heterocycles. The minimum absolute atomic E-state index is 0.0216. The monoisotopic (exact) mass is 328 g/mol. The summed E-state index contributed by atoms with van der Waals surface area (Å²) in [5.74, 6) is -1.71. The van der Waals surface area contributed by atoms with Crippen LogP contribution in [0, 0.1) is 0 Å². The number of carbonyl (C=O) groups excluding carboxylic acids is 2. The third-order valence-corrected chi connectivity index (χ3v) is 3.22. The highest BCUT2D eigenvalue weighted by molar-refractivity contribution is 6.42. The Kier molecular flexibility index (Phi) is 4.65. The van der Waals surface area contributed by atoms with Gasteiger partial charge in [-0.25, -0.2) is 9.59 Å². The molecule has 102 valence electrons. The number of hydrogen-bond acceptors (Lipinski definition) is 3. The fourth-order valence-electron chi connectivity index (χ4n) is 1.51. The van der Waals surface area contributed by atoms with Gasteiger partial charge in [0.2, 0.25) is 0 Å². The molecule has 0 unspecified atom stereocenters. The second-order valence-electron chi connectivity index (χ2n) is 3.79. The van der Waals surface area contributed by atoms with Crippen molar-refractivity contribution in [1.82, 2.24) is 0 Å². The molecule has 0 atom stereocenters. The Balaban J connectivity index is 2.24. The molecule has 0 aliphatic heterocycles. The smallest absolute Gasteiger partial charge is 0.349 e. The molecular weight excluding hydrogens is 323 g/mol. The van der Waals surface area contributed by atoms with Crippen molar-refractivity contribution in [3.05, 3.63) is 68.7 Å². The molecule has 20 heavy (non-hydrogen) atoms. The molecule has 0 heterocycles. The van der Waals surface area contributed by atoms with Crippen molar-refractivity contribution in [1.29, 1.82) is 0 Å². The first-order chi connectivity index (χ1) is 9.49. The van der Waals surface area contributed by atoms with Gasteiger partial charge in [-0.3, -0.25) is 0 Å². The Morgan fingerprint density at radius 3 is 1.95 bits per heavy atom. The Hall–Kier alpha value is -1.55. The van der Waals surface area contributed by atoms with Gasteiger partial charge >= 0.3 is 11.9 Å².